The van der Waals surface area contributed by atoms with Crippen molar-refractivity contribution in [3.8, 4) is 10.6 Å². The third kappa shape index (κ3) is 1.85. The van der Waals surface area contributed by atoms with E-state index in [9.17, 15) is 0 Å². The predicted molar refractivity (Wildman–Crippen MR) is 100 cm³/mol. The smallest absolute Gasteiger partial charge is 0.393 e. The highest BCUT2D eigenvalue weighted by Crippen LogP contribution is 2.38. The lowest BCUT2D eigenvalue weighted by Crippen LogP contribution is -2.28. The molecule has 24 heavy (non-hydrogen) atoms. The molecule has 0 aliphatic heterocycles. The largest absolute Gasteiger partial charge is 0.403 e. The lowest BCUT2D eigenvalue weighted by atomic mass is 10.1. The van der Waals surface area contributed by atoms with E-state index >= 15 is 0 Å². The van der Waals surface area contributed by atoms with Crippen LogP contribution in [-0.4, -0.2) is 0 Å². The van der Waals surface area contributed by atoms with Gasteiger partial charge in [0.25, 0.3) is 5.01 Å². The van der Waals surface area contributed by atoms with Crippen molar-refractivity contribution in [3.05, 3.63) is 66.2 Å². The number of benzene rings is 3. The van der Waals surface area contributed by atoms with Crippen LogP contribution in [0.25, 0.3) is 42.7 Å². The first-order valence-corrected chi connectivity index (χ1v) is 8.84. The van der Waals surface area contributed by atoms with E-state index in [0.29, 0.717) is 0 Å². The molecule has 0 bridgehead atoms. The molecule has 0 aliphatic carbocycles. The van der Waals surface area contributed by atoms with Crippen molar-refractivity contribution in [2.75, 3.05) is 0 Å². The van der Waals surface area contributed by atoms with Gasteiger partial charge in [-0.1, -0.05) is 53.8 Å². The number of aryl methyl sites for hydroxylation is 2. The number of nitrogens with zero attached hydrogens (tertiary/aromatic N) is 1. The highest BCUT2D eigenvalue weighted by Gasteiger charge is 2.25. The quantitative estimate of drug-likeness (QED) is 0.366. The molecule has 2 aromatic heterocycles. The molecule has 0 N–H and O–H groups in total. The lowest BCUT2D eigenvalue weighted by Gasteiger charge is -1.99. The second kappa shape index (κ2) is 4.92. The standard InChI is InChI=1S/C21H16NOS/c1-13-7-3-6-10-16(13)21-22(2)20-19(24-21)17-11-14-8-4-5-9-15(14)12-18(17)23-20/h3-12H,1-2H3/q+1. The number of hydrogen-bond donors (Lipinski definition) is 0. The van der Waals surface area contributed by atoms with Crippen LogP contribution in [0.4, 0.5) is 0 Å². The third-order valence-electron chi connectivity index (χ3n) is 4.68. The van der Waals surface area contributed by atoms with E-state index in [1.54, 1.807) is 11.3 Å². The number of furan rings is 1. The van der Waals surface area contributed by atoms with Crippen LogP contribution in [0.1, 0.15) is 5.56 Å². The first-order chi connectivity index (χ1) is 11.7. The minimum Gasteiger partial charge on any atom is -0.403 e. The van der Waals surface area contributed by atoms with E-state index in [-0.39, 0.29) is 0 Å². The van der Waals surface area contributed by atoms with Gasteiger partial charge in [0.2, 0.25) is 0 Å². The second-order valence-corrected chi connectivity index (χ2v) is 7.21. The van der Waals surface area contributed by atoms with Gasteiger partial charge >= 0.3 is 5.71 Å². The maximum atomic E-state index is 6.21. The molecule has 5 rings (SSSR count). The minimum atomic E-state index is 0.948. The van der Waals surface area contributed by atoms with Crippen LogP contribution in [0, 0.1) is 6.92 Å². The Morgan fingerprint density at radius 2 is 1.62 bits per heavy atom. The fourth-order valence-electron chi connectivity index (χ4n) is 3.37. The van der Waals surface area contributed by atoms with E-state index in [4.69, 9.17) is 4.42 Å². The summed E-state index contributed by atoms with van der Waals surface area (Å²) in [7, 11) is 2.09. The van der Waals surface area contributed by atoms with E-state index in [1.807, 2.05) is 0 Å². The molecule has 5 aromatic rings. The van der Waals surface area contributed by atoms with Crippen LogP contribution in [0.3, 0.4) is 0 Å². The zero-order chi connectivity index (χ0) is 16.3. The number of rotatable bonds is 1. The average Bonchev–Trinajstić information content (AvgIpc) is 3.10. The predicted octanol–water partition coefficient (Wildman–Crippen LogP) is 5.60. The molecule has 3 heteroatoms. The van der Waals surface area contributed by atoms with Crippen molar-refractivity contribution in [1.29, 1.82) is 0 Å². The van der Waals surface area contributed by atoms with Crippen molar-refractivity contribution >= 4 is 43.5 Å². The number of hydrogen-bond acceptors (Lipinski definition) is 2. The molecule has 0 unspecified atom stereocenters. The molecule has 2 nitrogen and oxygen atoms in total. The Labute approximate surface area is 143 Å². The molecule has 3 aromatic carbocycles. The monoisotopic (exact) mass is 330 g/mol. The first kappa shape index (κ1) is 13.8. The highest BCUT2D eigenvalue weighted by atomic mass is 32.1. The summed E-state index contributed by atoms with van der Waals surface area (Å²) in [4.78, 5) is 0. The summed E-state index contributed by atoms with van der Waals surface area (Å²) in [5.74, 6) is 0. The number of fused-ring (bicyclic) bond motifs is 4. The zero-order valence-corrected chi connectivity index (χ0v) is 14.4. The first-order valence-electron chi connectivity index (χ1n) is 8.02. The summed E-state index contributed by atoms with van der Waals surface area (Å²) in [5, 5.41) is 4.90. The lowest BCUT2D eigenvalue weighted by molar-refractivity contribution is -0.636. The molecule has 0 amide bonds. The van der Waals surface area contributed by atoms with Gasteiger partial charge in [0.05, 0.1) is 5.56 Å². The van der Waals surface area contributed by atoms with Gasteiger partial charge in [-0.25, -0.2) is 0 Å². The van der Waals surface area contributed by atoms with Gasteiger partial charge in [0, 0.05) is 5.39 Å². The van der Waals surface area contributed by atoms with E-state index in [0.717, 1.165) is 11.3 Å². The van der Waals surface area contributed by atoms with Gasteiger partial charge in [0.1, 0.15) is 12.6 Å². The van der Waals surface area contributed by atoms with Crippen LogP contribution in [-0.2, 0) is 7.05 Å². The van der Waals surface area contributed by atoms with Crippen LogP contribution < -0.4 is 4.57 Å². The van der Waals surface area contributed by atoms with E-state index < -0.39 is 0 Å². The summed E-state index contributed by atoms with van der Waals surface area (Å²) in [5.41, 5.74) is 4.46. The Morgan fingerprint density at radius 3 is 2.42 bits per heavy atom. The van der Waals surface area contributed by atoms with E-state index in [2.05, 4.69) is 79.2 Å². The number of thiazole rings is 1. The summed E-state index contributed by atoms with van der Waals surface area (Å²) in [6.45, 7) is 2.16. The second-order valence-electron chi connectivity index (χ2n) is 6.21. The summed E-state index contributed by atoms with van der Waals surface area (Å²) in [6.07, 6.45) is 0. The summed E-state index contributed by atoms with van der Waals surface area (Å²) >= 11 is 1.81. The van der Waals surface area contributed by atoms with Gasteiger partial charge < -0.3 is 4.42 Å². The summed E-state index contributed by atoms with van der Waals surface area (Å²) in [6, 6.07) is 21.3. The Kier molecular flexibility index (Phi) is 2.82. The maximum absolute atomic E-state index is 6.21. The molecule has 0 saturated heterocycles. The molecule has 0 radical (unpaired) electrons. The van der Waals surface area contributed by atoms with Crippen LogP contribution >= 0.6 is 11.3 Å². The normalized spacial score (nSPS) is 11.8. The maximum Gasteiger partial charge on any atom is 0.393 e. The van der Waals surface area contributed by atoms with Gasteiger partial charge in [-0.15, -0.1) is 0 Å². The Bertz CT molecular complexity index is 1230. The number of aromatic nitrogens is 1. The fourth-order valence-corrected chi connectivity index (χ4v) is 4.66. The van der Waals surface area contributed by atoms with Crippen molar-refractivity contribution in [1.82, 2.24) is 0 Å². The third-order valence-corrected chi connectivity index (χ3v) is 5.96. The SMILES string of the molecule is Cc1ccccc1-c1sc2c3cc4ccccc4cc3oc2[n+]1C. The molecule has 0 fully saturated rings. The molecule has 0 spiro atoms. The Morgan fingerprint density at radius 1 is 0.917 bits per heavy atom. The topological polar surface area (TPSA) is 17.0 Å². The van der Waals surface area contributed by atoms with Crippen molar-refractivity contribution in [2.24, 2.45) is 7.05 Å². The molecule has 0 atom stereocenters. The van der Waals surface area contributed by atoms with Crippen LogP contribution in [0.5, 0.6) is 0 Å². The van der Waals surface area contributed by atoms with Crippen molar-refractivity contribution in [3.63, 3.8) is 0 Å². The Hall–Kier alpha value is -2.65. The van der Waals surface area contributed by atoms with Crippen LogP contribution in [0.2, 0.25) is 0 Å². The molecule has 116 valence electrons. The minimum absolute atomic E-state index is 0.948. The summed E-state index contributed by atoms with van der Waals surface area (Å²) < 4.78 is 9.60. The van der Waals surface area contributed by atoms with Gasteiger partial charge in [0.15, 0.2) is 4.70 Å². The highest BCUT2D eigenvalue weighted by molar-refractivity contribution is 7.22. The molecular formula is C21H16NOS+. The molecule has 2 heterocycles. The molecule has 0 aliphatic rings. The van der Waals surface area contributed by atoms with Crippen LogP contribution in [0.15, 0.2) is 65.1 Å². The van der Waals surface area contributed by atoms with Gasteiger partial charge in [-0.2, -0.15) is 4.57 Å². The average molecular weight is 330 g/mol. The zero-order valence-electron chi connectivity index (χ0n) is 13.5. The molecular weight excluding hydrogens is 314 g/mol. The van der Waals surface area contributed by atoms with Crippen molar-refractivity contribution < 1.29 is 8.98 Å². The van der Waals surface area contributed by atoms with Gasteiger partial charge in [-0.3, -0.25) is 0 Å². The Balaban J connectivity index is 1.86. The van der Waals surface area contributed by atoms with E-state index in [1.165, 1.54) is 37.0 Å². The van der Waals surface area contributed by atoms with Crippen molar-refractivity contribution in [2.45, 2.75) is 6.92 Å². The molecule has 0 saturated carbocycles. The van der Waals surface area contributed by atoms with Gasteiger partial charge in [-0.05, 0) is 41.5 Å². The fraction of sp³-hybridized carbons (Fsp3) is 0.0952.